The van der Waals surface area contributed by atoms with E-state index in [2.05, 4.69) is 15.1 Å². The van der Waals surface area contributed by atoms with Gasteiger partial charge in [-0.3, -0.25) is 9.36 Å². The van der Waals surface area contributed by atoms with Gasteiger partial charge in [0.25, 0.3) is 11.4 Å². The number of aromatic nitrogens is 4. The summed E-state index contributed by atoms with van der Waals surface area (Å²) in [5.74, 6) is 2.05. The van der Waals surface area contributed by atoms with Gasteiger partial charge >= 0.3 is 0 Å². The van der Waals surface area contributed by atoms with E-state index in [4.69, 9.17) is 14.0 Å². The second kappa shape index (κ2) is 5.69. The lowest BCUT2D eigenvalue weighted by molar-refractivity contribution is 0.174. The Hall–Kier alpha value is -3.68. The summed E-state index contributed by atoms with van der Waals surface area (Å²) in [6, 6.07) is 12.6. The Morgan fingerprint density at radius 3 is 2.92 bits per heavy atom. The topological polar surface area (TPSA) is 92.3 Å². The highest BCUT2D eigenvalue weighted by Crippen LogP contribution is 2.35. The molecule has 8 nitrogen and oxygen atoms in total. The van der Waals surface area contributed by atoms with Crippen LogP contribution in [0.25, 0.3) is 22.4 Å². The first-order valence-corrected chi connectivity index (χ1v) is 7.95. The predicted molar refractivity (Wildman–Crippen MR) is 91.0 cm³/mol. The van der Waals surface area contributed by atoms with Gasteiger partial charge in [0.15, 0.2) is 17.3 Å². The van der Waals surface area contributed by atoms with Crippen molar-refractivity contribution in [1.29, 1.82) is 0 Å². The zero-order valence-electron chi connectivity index (χ0n) is 13.5. The molecule has 5 rings (SSSR count). The first-order valence-electron chi connectivity index (χ1n) is 7.95. The van der Waals surface area contributed by atoms with Crippen LogP contribution in [0.2, 0.25) is 0 Å². The van der Waals surface area contributed by atoms with E-state index < -0.39 is 0 Å². The lowest BCUT2D eigenvalue weighted by atomic mass is 10.2. The molecule has 0 atom stereocenters. The summed E-state index contributed by atoms with van der Waals surface area (Å²) in [5, 5.41) is 4.51. The number of rotatable bonds is 3. The minimum Gasteiger partial charge on any atom is -0.454 e. The van der Waals surface area contributed by atoms with E-state index in [1.165, 1.54) is 10.9 Å². The van der Waals surface area contributed by atoms with Crippen molar-refractivity contribution >= 4 is 10.9 Å². The van der Waals surface area contributed by atoms with Gasteiger partial charge in [0, 0.05) is 5.56 Å². The first kappa shape index (κ1) is 14.6. The average Bonchev–Trinajstić information content (AvgIpc) is 3.33. The third-order valence-electron chi connectivity index (χ3n) is 4.13. The standard InChI is InChI=1S/C18H12N4O4/c23-18-12-3-1-2-4-13(12)19-9-22(18)8-16-20-17(26-21-16)11-5-6-14-15(7-11)25-10-24-14/h1-7,9H,8,10H2. The maximum atomic E-state index is 12.5. The highest BCUT2D eigenvalue weighted by Gasteiger charge is 2.17. The smallest absolute Gasteiger partial charge is 0.261 e. The average molecular weight is 348 g/mol. The lowest BCUT2D eigenvalue weighted by Gasteiger charge is -2.03. The van der Waals surface area contributed by atoms with Crippen LogP contribution in [0.3, 0.4) is 0 Å². The van der Waals surface area contributed by atoms with Crippen molar-refractivity contribution in [3.8, 4) is 23.0 Å². The molecule has 0 spiro atoms. The van der Waals surface area contributed by atoms with Gasteiger partial charge in [-0.1, -0.05) is 17.3 Å². The van der Waals surface area contributed by atoms with Crippen LogP contribution in [0.4, 0.5) is 0 Å². The molecule has 1 aliphatic heterocycles. The van der Waals surface area contributed by atoms with Crippen LogP contribution in [-0.4, -0.2) is 26.5 Å². The van der Waals surface area contributed by atoms with Crippen LogP contribution in [0.15, 0.2) is 58.1 Å². The molecule has 0 radical (unpaired) electrons. The van der Waals surface area contributed by atoms with E-state index >= 15 is 0 Å². The number of hydrogen-bond acceptors (Lipinski definition) is 7. The molecular formula is C18H12N4O4. The van der Waals surface area contributed by atoms with E-state index in [-0.39, 0.29) is 18.9 Å². The fraction of sp³-hybridized carbons (Fsp3) is 0.111. The van der Waals surface area contributed by atoms with Crippen LogP contribution in [0.5, 0.6) is 11.5 Å². The third-order valence-corrected chi connectivity index (χ3v) is 4.13. The quantitative estimate of drug-likeness (QED) is 0.560. The van der Waals surface area contributed by atoms with Gasteiger partial charge in [-0.25, -0.2) is 4.98 Å². The lowest BCUT2D eigenvalue weighted by Crippen LogP contribution is -2.21. The SMILES string of the molecule is O=c1c2ccccc2ncn1Cc1noc(-c2ccc3c(c2)OCO3)n1. The Morgan fingerprint density at radius 2 is 1.96 bits per heavy atom. The van der Waals surface area contributed by atoms with Crippen LogP contribution < -0.4 is 15.0 Å². The van der Waals surface area contributed by atoms with Gasteiger partial charge < -0.3 is 14.0 Å². The summed E-state index contributed by atoms with van der Waals surface area (Å²) in [7, 11) is 0. The van der Waals surface area contributed by atoms with Gasteiger partial charge in [-0.05, 0) is 30.3 Å². The van der Waals surface area contributed by atoms with Crippen molar-refractivity contribution in [1.82, 2.24) is 19.7 Å². The summed E-state index contributed by atoms with van der Waals surface area (Å²) >= 11 is 0. The van der Waals surface area contributed by atoms with E-state index in [9.17, 15) is 4.79 Å². The normalized spacial score (nSPS) is 12.6. The second-order valence-electron chi connectivity index (χ2n) is 5.78. The van der Waals surface area contributed by atoms with Crippen molar-refractivity contribution in [2.24, 2.45) is 0 Å². The van der Waals surface area contributed by atoms with Crippen LogP contribution in [0, 0.1) is 0 Å². The van der Waals surface area contributed by atoms with Gasteiger partial charge in [0.2, 0.25) is 6.79 Å². The molecule has 0 saturated heterocycles. The van der Waals surface area contributed by atoms with E-state index in [0.717, 1.165) is 5.56 Å². The number of fused-ring (bicyclic) bond motifs is 2. The molecule has 128 valence electrons. The predicted octanol–water partition coefficient (Wildman–Crippen LogP) is 2.22. The molecule has 2 aromatic carbocycles. The molecule has 8 heteroatoms. The molecule has 3 heterocycles. The zero-order chi connectivity index (χ0) is 17.5. The highest BCUT2D eigenvalue weighted by molar-refractivity contribution is 5.76. The number of benzene rings is 2. The maximum absolute atomic E-state index is 12.5. The summed E-state index contributed by atoms with van der Waals surface area (Å²) in [6.45, 7) is 0.371. The number of ether oxygens (including phenoxy) is 2. The van der Waals surface area contributed by atoms with Gasteiger partial charge in [-0.15, -0.1) is 0 Å². The molecule has 0 amide bonds. The monoisotopic (exact) mass is 348 g/mol. The molecule has 0 aliphatic carbocycles. The molecule has 0 fully saturated rings. The molecule has 4 aromatic rings. The Balaban J connectivity index is 1.46. The van der Waals surface area contributed by atoms with Gasteiger partial charge in [-0.2, -0.15) is 4.98 Å². The number of nitrogens with zero attached hydrogens (tertiary/aromatic N) is 4. The summed E-state index contributed by atoms with van der Waals surface area (Å²) in [6.07, 6.45) is 1.49. The van der Waals surface area contributed by atoms with Gasteiger partial charge in [0.05, 0.1) is 23.8 Å². The molecule has 2 aromatic heterocycles. The van der Waals surface area contributed by atoms with Gasteiger partial charge in [0.1, 0.15) is 0 Å². The largest absolute Gasteiger partial charge is 0.454 e. The van der Waals surface area contributed by atoms with Crippen LogP contribution >= 0.6 is 0 Å². The Morgan fingerprint density at radius 1 is 1.08 bits per heavy atom. The van der Waals surface area contributed by atoms with Crippen molar-refractivity contribution in [2.75, 3.05) is 6.79 Å². The molecule has 0 N–H and O–H groups in total. The molecule has 1 aliphatic rings. The molecule has 0 bridgehead atoms. The van der Waals surface area contributed by atoms with E-state index in [1.807, 2.05) is 18.2 Å². The van der Waals surface area contributed by atoms with E-state index in [0.29, 0.717) is 34.1 Å². The fourth-order valence-corrected chi connectivity index (χ4v) is 2.84. The van der Waals surface area contributed by atoms with Crippen molar-refractivity contribution < 1.29 is 14.0 Å². The second-order valence-corrected chi connectivity index (χ2v) is 5.78. The zero-order valence-corrected chi connectivity index (χ0v) is 13.5. The first-order chi connectivity index (χ1) is 12.8. The number of hydrogen-bond donors (Lipinski definition) is 0. The Bertz CT molecular complexity index is 1180. The summed E-state index contributed by atoms with van der Waals surface area (Å²) in [5.41, 5.74) is 1.23. The van der Waals surface area contributed by atoms with Crippen molar-refractivity contribution in [2.45, 2.75) is 6.54 Å². The molecule has 26 heavy (non-hydrogen) atoms. The maximum Gasteiger partial charge on any atom is 0.261 e. The highest BCUT2D eigenvalue weighted by atomic mass is 16.7. The fourth-order valence-electron chi connectivity index (χ4n) is 2.84. The van der Waals surface area contributed by atoms with Crippen LogP contribution in [0.1, 0.15) is 5.82 Å². The Labute approximate surface area is 146 Å². The number of para-hydroxylation sites is 1. The van der Waals surface area contributed by atoms with E-state index in [1.54, 1.807) is 24.3 Å². The molecule has 0 unspecified atom stereocenters. The summed E-state index contributed by atoms with van der Waals surface area (Å²) < 4.78 is 17.4. The summed E-state index contributed by atoms with van der Waals surface area (Å²) in [4.78, 5) is 21.2. The molecule has 0 saturated carbocycles. The minimum absolute atomic E-state index is 0.148. The Kier molecular flexibility index (Phi) is 3.21. The minimum atomic E-state index is -0.148. The van der Waals surface area contributed by atoms with Crippen LogP contribution in [-0.2, 0) is 6.54 Å². The van der Waals surface area contributed by atoms with Crippen molar-refractivity contribution in [3.05, 3.63) is 65.0 Å². The molecular weight excluding hydrogens is 336 g/mol. The van der Waals surface area contributed by atoms with Crippen molar-refractivity contribution in [3.63, 3.8) is 0 Å². The third kappa shape index (κ3) is 2.39.